The van der Waals surface area contributed by atoms with E-state index in [1.807, 2.05) is 36.4 Å². The fourth-order valence-electron chi connectivity index (χ4n) is 3.37. The van der Waals surface area contributed by atoms with Gasteiger partial charge in [0.25, 0.3) is 5.91 Å². The maximum atomic E-state index is 13.0. The molecular weight excluding hydrogens is 388 g/mol. The number of hydrogen-bond acceptors (Lipinski definition) is 4. The van der Waals surface area contributed by atoms with Crippen molar-refractivity contribution in [3.63, 3.8) is 0 Å². The van der Waals surface area contributed by atoms with Gasteiger partial charge >= 0.3 is 0 Å². The first-order valence-electron chi connectivity index (χ1n) is 9.76. The molecule has 2 N–H and O–H groups in total. The molecule has 0 radical (unpaired) electrons. The highest BCUT2D eigenvalue weighted by Gasteiger charge is 2.17. The second-order valence-corrected chi connectivity index (χ2v) is 7.14. The van der Waals surface area contributed by atoms with Crippen LogP contribution in [0.25, 0.3) is 5.69 Å². The van der Waals surface area contributed by atoms with Crippen molar-refractivity contribution in [2.75, 3.05) is 5.32 Å². The van der Waals surface area contributed by atoms with Gasteiger partial charge in [0.1, 0.15) is 11.8 Å². The van der Waals surface area contributed by atoms with E-state index in [1.165, 1.54) is 4.68 Å². The number of carbonyl (C=O) groups excluding carboxylic acids is 1. The number of amides is 1. The minimum atomic E-state index is -0.792. The molecule has 31 heavy (non-hydrogen) atoms. The number of carbonyl (C=O) groups is 1. The van der Waals surface area contributed by atoms with Gasteiger partial charge < -0.3 is 10.4 Å². The molecule has 4 aromatic rings. The summed E-state index contributed by atoms with van der Waals surface area (Å²) in [5.41, 5.74) is 4.16. The standard InChI is InChI=1S/C25H20N4O2/c1-17-13-23(29(28-17)22-12-5-7-18(14-22)16-26)25(31)27-21-11-6-10-20(15-21)24(30)19-8-3-2-4-9-19/h2-15,24,30H,1H3,(H,27,31). The fraction of sp³-hybridized carbons (Fsp3) is 0.0800. The molecule has 1 unspecified atom stereocenters. The molecule has 0 saturated carbocycles. The number of hydrogen-bond donors (Lipinski definition) is 2. The van der Waals surface area contributed by atoms with Gasteiger partial charge in [-0.25, -0.2) is 4.68 Å². The number of nitrogens with one attached hydrogen (secondary N) is 1. The molecule has 6 heteroatoms. The Hall–Kier alpha value is -4.21. The summed E-state index contributed by atoms with van der Waals surface area (Å²) in [6.45, 7) is 1.80. The third-order valence-electron chi connectivity index (χ3n) is 4.86. The van der Waals surface area contributed by atoms with Gasteiger partial charge in [0.2, 0.25) is 0 Å². The maximum absolute atomic E-state index is 13.0. The van der Waals surface area contributed by atoms with E-state index in [2.05, 4.69) is 16.5 Å². The maximum Gasteiger partial charge on any atom is 0.274 e. The molecule has 0 fully saturated rings. The predicted molar refractivity (Wildman–Crippen MR) is 118 cm³/mol. The van der Waals surface area contributed by atoms with Gasteiger partial charge in [-0.2, -0.15) is 10.4 Å². The Morgan fingerprint density at radius 1 is 1.00 bits per heavy atom. The highest BCUT2D eigenvalue weighted by molar-refractivity contribution is 6.03. The molecule has 0 bridgehead atoms. The monoisotopic (exact) mass is 408 g/mol. The second-order valence-electron chi connectivity index (χ2n) is 7.14. The molecule has 0 aliphatic heterocycles. The van der Waals surface area contributed by atoms with Crippen LogP contribution in [-0.2, 0) is 0 Å². The smallest absolute Gasteiger partial charge is 0.274 e. The zero-order valence-electron chi connectivity index (χ0n) is 16.9. The van der Waals surface area contributed by atoms with E-state index in [1.54, 1.807) is 55.5 Å². The van der Waals surface area contributed by atoms with E-state index >= 15 is 0 Å². The molecule has 152 valence electrons. The summed E-state index contributed by atoms with van der Waals surface area (Å²) in [5.74, 6) is -0.339. The molecule has 0 aliphatic carbocycles. The number of rotatable bonds is 5. The topological polar surface area (TPSA) is 90.9 Å². The van der Waals surface area contributed by atoms with E-state index in [0.29, 0.717) is 33.9 Å². The highest BCUT2D eigenvalue weighted by atomic mass is 16.3. The zero-order valence-corrected chi connectivity index (χ0v) is 16.9. The van der Waals surface area contributed by atoms with Crippen molar-refractivity contribution < 1.29 is 9.90 Å². The second kappa shape index (κ2) is 8.66. The summed E-state index contributed by atoms with van der Waals surface area (Å²) < 4.78 is 1.52. The largest absolute Gasteiger partial charge is 0.384 e. The van der Waals surface area contributed by atoms with Gasteiger partial charge in [-0.1, -0.05) is 48.5 Å². The lowest BCUT2D eigenvalue weighted by molar-refractivity contribution is 0.101. The third kappa shape index (κ3) is 4.37. The lowest BCUT2D eigenvalue weighted by atomic mass is 10.0. The van der Waals surface area contributed by atoms with Crippen molar-refractivity contribution in [1.82, 2.24) is 9.78 Å². The first-order valence-corrected chi connectivity index (χ1v) is 9.76. The van der Waals surface area contributed by atoms with E-state index in [4.69, 9.17) is 5.26 Å². The van der Waals surface area contributed by atoms with Gasteiger partial charge in [0.15, 0.2) is 0 Å². The fourth-order valence-corrected chi connectivity index (χ4v) is 3.37. The van der Waals surface area contributed by atoms with Crippen molar-refractivity contribution in [3.8, 4) is 11.8 Å². The normalized spacial score (nSPS) is 11.5. The number of aliphatic hydroxyl groups excluding tert-OH is 1. The number of aromatic nitrogens is 2. The summed E-state index contributed by atoms with van der Waals surface area (Å²) in [7, 11) is 0. The summed E-state index contributed by atoms with van der Waals surface area (Å²) in [4.78, 5) is 13.0. The van der Waals surface area contributed by atoms with Crippen LogP contribution in [0.15, 0.2) is 84.9 Å². The molecule has 4 rings (SSSR count). The SMILES string of the molecule is Cc1cc(C(=O)Nc2cccc(C(O)c3ccccc3)c2)n(-c2cccc(C#N)c2)n1. The first-order chi connectivity index (χ1) is 15.0. The van der Waals surface area contributed by atoms with Crippen LogP contribution >= 0.6 is 0 Å². The van der Waals surface area contributed by atoms with Gasteiger partial charge in [-0.05, 0) is 54.4 Å². The van der Waals surface area contributed by atoms with Crippen molar-refractivity contribution in [2.45, 2.75) is 13.0 Å². The van der Waals surface area contributed by atoms with Crippen LogP contribution in [0.4, 0.5) is 5.69 Å². The molecule has 1 aromatic heterocycles. The molecule has 1 atom stereocenters. The Bertz CT molecular complexity index is 1270. The molecule has 0 aliphatic rings. The van der Waals surface area contributed by atoms with Gasteiger partial charge in [-0.3, -0.25) is 4.79 Å². The Balaban J connectivity index is 1.61. The van der Waals surface area contributed by atoms with Crippen LogP contribution < -0.4 is 5.32 Å². The van der Waals surface area contributed by atoms with E-state index in [0.717, 1.165) is 5.56 Å². The van der Waals surface area contributed by atoms with Gasteiger partial charge in [0.05, 0.1) is 23.0 Å². The van der Waals surface area contributed by atoms with E-state index in [-0.39, 0.29) is 5.91 Å². The quantitative estimate of drug-likeness (QED) is 0.512. The summed E-state index contributed by atoms with van der Waals surface area (Å²) in [6.07, 6.45) is -0.792. The van der Waals surface area contributed by atoms with Crippen LogP contribution in [0.2, 0.25) is 0 Å². The molecular formula is C25H20N4O2. The van der Waals surface area contributed by atoms with Crippen molar-refractivity contribution in [2.24, 2.45) is 0 Å². The number of nitriles is 1. The molecule has 1 heterocycles. The first kappa shape index (κ1) is 20.1. The van der Waals surface area contributed by atoms with Gasteiger partial charge in [0, 0.05) is 5.69 Å². The molecule has 0 saturated heterocycles. The lowest BCUT2D eigenvalue weighted by Gasteiger charge is -2.13. The molecule has 0 spiro atoms. The van der Waals surface area contributed by atoms with Crippen molar-refractivity contribution in [3.05, 3.63) is 113 Å². The van der Waals surface area contributed by atoms with Crippen molar-refractivity contribution in [1.29, 1.82) is 5.26 Å². The zero-order chi connectivity index (χ0) is 21.8. The molecule has 6 nitrogen and oxygen atoms in total. The van der Waals surface area contributed by atoms with Gasteiger partial charge in [-0.15, -0.1) is 0 Å². The van der Waals surface area contributed by atoms with Crippen LogP contribution in [0.5, 0.6) is 0 Å². The van der Waals surface area contributed by atoms with E-state index in [9.17, 15) is 9.90 Å². The minimum absolute atomic E-state index is 0.339. The third-order valence-corrected chi connectivity index (χ3v) is 4.86. The number of benzene rings is 3. The van der Waals surface area contributed by atoms with Crippen molar-refractivity contribution >= 4 is 11.6 Å². The van der Waals surface area contributed by atoms with Crippen LogP contribution in [0.3, 0.4) is 0 Å². The van der Waals surface area contributed by atoms with Crippen LogP contribution in [0, 0.1) is 18.3 Å². The average Bonchev–Trinajstić information content (AvgIpc) is 3.21. The summed E-state index contributed by atoms with van der Waals surface area (Å²) in [5, 5.41) is 27.1. The minimum Gasteiger partial charge on any atom is -0.384 e. The summed E-state index contributed by atoms with van der Waals surface area (Å²) >= 11 is 0. The average molecular weight is 408 g/mol. The Labute approximate surface area is 180 Å². The number of anilines is 1. The predicted octanol–water partition coefficient (Wildman–Crippen LogP) is 4.39. The Kier molecular flexibility index (Phi) is 5.61. The van der Waals surface area contributed by atoms with Crippen LogP contribution in [-0.4, -0.2) is 20.8 Å². The molecule has 3 aromatic carbocycles. The number of aryl methyl sites for hydroxylation is 1. The number of aliphatic hydroxyl groups is 1. The lowest BCUT2D eigenvalue weighted by Crippen LogP contribution is -2.17. The Morgan fingerprint density at radius 2 is 1.74 bits per heavy atom. The van der Waals surface area contributed by atoms with Crippen LogP contribution in [0.1, 0.15) is 39.0 Å². The number of nitrogens with zero attached hydrogens (tertiary/aromatic N) is 3. The highest BCUT2D eigenvalue weighted by Crippen LogP contribution is 2.24. The molecule has 1 amide bonds. The Morgan fingerprint density at radius 3 is 2.52 bits per heavy atom. The van der Waals surface area contributed by atoms with E-state index < -0.39 is 6.10 Å². The summed E-state index contributed by atoms with van der Waals surface area (Å²) in [6, 6.07) is 27.2.